The molecule has 5 rings (SSSR count). The summed E-state index contributed by atoms with van der Waals surface area (Å²) in [6.45, 7) is 0. The Morgan fingerprint density at radius 1 is 1.14 bits per heavy atom. The summed E-state index contributed by atoms with van der Waals surface area (Å²) in [6, 6.07) is 16.1. The highest BCUT2D eigenvalue weighted by Crippen LogP contribution is 2.36. The first-order valence-electron chi connectivity index (χ1n) is 9.05. The molecule has 0 amide bonds. The van der Waals surface area contributed by atoms with E-state index >= 15 is 0 Å². The molecule has 29 heavy (non-hydrogen) atoms. The third kappa shape index (κ3) is 3.21. The summed E-state index contributed by atoms with van der Waals surface area (Å²) in [5, 5.41) is 8.56. The molecule has 2 N–H and O–H groups in total. The topological polar surface area (TPSA) is 75.2 Å². The van der Waals surface area contributed by atoms with Crippen LogP contribution in [-0.4, -0.2) is 28.3 Å². The third-order valence-electron chi connectivity index (χ3n) is 4.75. The minimum atomic E-state index is 0.684. The molecule has 0 aliphatic rings. The second kappa shape index (κ2) is 7.37. The number of nitrogens with one attached hydrogen (secondary N) is 2. The number of hydrazone groups is 1. The average molecular weight is 399 g/mol. The fraction of sp³-hybridized carbons (Fsp3) is 0.0455. The predicted molar refractivity (Wildman–Crippen MR) is 119 cm³/mol. The fourth-order valence-corrected chi connectivity index (χ4v) is 4.22. The number of aromatic amines is 1. The minimum absolute atomic E-state index is 0.684. The van der Waals surface area contributed by atoms with Crippen LogP contribution < -0.4 is 10.2 Å². The van der Waals surface area contributed by atoms with Crippen LogP contribution in [0.4, 0.5) is 5.82 Å². The van der Waals surface area contributed by atoms with Gasteiger partial charge in [-0.3, -0.25) is 5.43 Å². The lowest BCUT2D eigenvalue weighted by Crippen LogP contribution is -1.95. The second-order valence-corrected chi connectivity index (χ2v) is 7.30. The second-order valence-electron chi connectivity index (χ2n) is 6.44. The van der Waals surface area contributed by atoms with Crippen LogP contribution in [0.5, 0.6) is 5.75 Å². The number of benzene rings is 2. The Morgan fingerprint density at radius 2 is 2.03 bits per heavy atom. The van der Waals surface area contributed by atoms with Gasteiger partial charge in [0, 0.05) is 33.6 Å². The van der Waals surface area contributed by atoms with Crippen LogP contribution >= 0.6 is 11.3 Å². The number of nitrogens with zero attached hydrogens (tertiary/aromatic N) is 3. The Hall–Kier alpha value is -3.71. The van der Waals surface area contributed by atoms with E-state index in [1.807, 2.05) is 42.6 Å². The van der Waals surface area contributed by atoms with Gasteiger partial charge in [-0.1, -0.05) is 30.3 Å². The molecule has 142 valence electrons. The summed E-state index contributed by atoms with van der Waals surface area (Å²) in [5.41, 5.74) is 7.31. The number of hydrogen-bond donors (Lipinski definition) is 2. The summed E-state index contributed by atoms with van der Waals surface area (Å²) in [5.74, 6) is 1.49. The van der Waals surface area contributed by atoms with Gasteiger partial charge in [0.05, 0.1) is 18.7 Å². The lowest BCUT2D eigenvalue weighted by Gasteiger charge is -2.04. The van der Waals surface area contributed by atoms with Crippen LogP contribution in [0.25, 0.3) is 32.2 Å². The Labute approximate surface area is 170 Å². The molecule has 0 saturated carbocycles. The quantitative estimate of drug-likeness (QED) is 0.311. The van der Waals surface area contributed by atoms with Crippen molar-refractivity contribution in [3.05, 3.63) is 72.0 Å². The molecule has 7 heteroatoms. The summed E-state index contributed by atoms with van der Waals surface area (Å²) >= 11 is 1.60. The SMILES string of the molecule is COc1ccc2[nH]cc(/C=N/Nc3ncnc4scc(-c5ccccc5)c34)c2c1. The van der Waals surface area contributed by atoms with Gasteiger partial charge in [-0.05, 0) is 23.8 Å². The molecule has 5 aromatic rings. The van der Waals surface area contributed by atoms with Crippen molar-refractivity contribution in [2.45, 2.75) is 0 Å². The van der Waals surface area contributed by atoms with E-state index in [9.17, 15) is 0 Å². The van der Waals surface area contributed by atoms with Crippen molar-refractivity contribution in [3.63, 3.8) is 0 Å². The predicted octanol–water partition coefficient (Wildman–Crippen LogP) is 5.29. The van der Waals surface area contributed by atoms with Gasteiger partial charge in [0.2, 0.25) is 0 Å². The van der Waals surface area contributed by atoms with Crippen LogP contribution in [-0.2, 0) is 0 Å². The zero-order valence-electron chi connectivity index (χ0n) is 15.6. The molecule has 3 aromatic heterocycles. The molecule has 0 aliphatic heterocycles. The van der Waals surface area contributed by atoms with Gasteiger partial charge in [0.15, 0.2) is 5.82 Å². The number of ether oxygens (including phenoxy) is 1. The van der Waals surface area contributed by atoms with Gasteiger partial charge in [0.1, 0.15) is 16.9 Å². The van der Waals surface area contributed by atoms with E-state index in [1.165, 1.54) is 0 Å². The van der Waals surface area contributed by atoms with Gasteiger partial charge in [-0.25, -0.2) is 9.97 Å². The van der Waals surface area contributed by atoms with Crippen LogP contribution in [0, 0.1) is 0 Å². The normalized spacial score (nSPS) is 11.5. The first-order valence-corrected chi connectivity index (χ1v) is 9.93. The first kappa shape index (κ1) is 17.4. The third-order valence-corrected chi connectivity index (χ3v) is 5.64. The maximum absolute atomic E-state index is 5.33. The smallest absolute Gasteiger partial charge is 0.159 e. The molecular formula is C22H17N5OS. The molecule has 3 heterocycles. The highest BCUT2D eigenvalue weighted by molar-refractivity contribution is 7.17. The van der Waals surface area contributed by atoms with E-state index in [1.54, 1.807) is 31.0 Å². The molecule has 0 bridgehead atoms. The van der Waals surface area contributed by atoms with Gasteiger partial charge >= 0.3 is 0 Å². The van der Waals surface area contributed by atoms with E-state index < -0.39 is 0 Å². The summed E-state index contributed by atoms with van der Waals surface area (Å²) in [4.78, 5) is 13.0. The maximum atomic E-state index is 5.33. The van der Waals surface area contributed by atoms with Crippen molar-refractivity contribution < 1.29 is 4.74 Å². The Kier molecular flexibility index (Phi) is 4.42. The monoisotopic (exact) mass is 399 g/mol. The zero-order valence-corrected chi connectivity index (χ0v) is 16.4. The number of H-pyrrole nitrogens is 1. The highest BCUT2D eigenvalue weighted by atomic mass is 32.1. The van der Waals surface area contributed by atoms with Gasteiger partial charge in [0.25, 0.3) is 0 Å². The Morgan fingerprint density at radius 3 is 2.90 bits per heavy atom. The number of methoxy groups -OCH3 is 1. The Balaban J connectivity index is 1.49. The number of aromatic nitrogens is 3. The van der Waals surface area contributed by atoms with Crippen molar-refractivity contribution in [2.75, 3.05) is 12.5 Å². The summed E-state index contributed by atoms with van der Waals surface area (Å²) in [6.07, 6.45) is 5.26. The lowest BCUT2D eigenvalue weighted by atomic mass is 10.1. The molecule has 0 spiro atoms. The maximum Gasteiger partial charge on any atom is 0.159 e. The average Bonchev–Trinajstić information content (AvgIpc) is 3.39. The van der Waals surface area contributed by atoms with Crippen molar-refractivity contribution in [3.8, 4) is 16.9 Å². The van der Waals surface area contributed by atoms with E-state index in [4.69, 9.17) is 4.74 Å². The molecule has 0 fully saturated rings. The minimum Gasteiger partial charge on any atom is -0.497 e. The summed E-state index contributed by atoms with van der Waals surface area (Å²) in [7, 11) is 1.66. The van der Waals surface area contributed by atoms with Crippen molar-refractivity contribution in [1.29, 1.82) is 0 Å². The van der Waals surface area contributed by atoms with E-state index in [2.05, 4.69) is 43.0 Å². The molecular weight excluding hydrogens is 382 g/mol. The van der Waals surface area contributed by atoms with Gasteiger partial charge < -0.3 is 9.72 Å². The lowest BCUT2D eigenvalue weighted by molar-refractivity contribution is 0.415. The molecule has 0 radical (unpaired) electrons. The molecule has 6 nitrogen and oxygen atoms in total. The van der Waals surface area contributed by atoms with Crippen LogP contribution in [0.1, 0.15) is 5.56 Å². The zero-order chi connectivity index (χ0) is 19.6. The van der Waals surface area contributed by atoms with E-state index in [0.717, 1.165) is 43.6 Å². The van der Waals surface area contributed by atoms with Crippen molar-refractivity contribution in [1.82, 2.24) is 15.0 Å². The highest BCUT2D eigenvalue weighted by Gasteiger charge is 2.12. The molecule has 0 atom stereocenters. The van der Waals surface area contributed by atoms with Crippen molar-refractivity contribution >= 4 is 44.5 Å². The number of hydrogen-bond acceptors (Lipinski definition) is 6. The fourth-order valence-electron chi connectivity index (χ4n) is 3.31. The molecule has 0 saturated heterocycles. The molecule has 0 aliphatic carbocycles. The summed E-state index contributed by atoms with van der Waals surface area (Å²) < 4.78 is 5.33. The van der Waals surface area contributed by atoms with Crippen LogP contribution in [0.15, 0.2) is 71.5 Å². The molecule has 0 unspecified atom stereocenters. The number of thiophene rings is 1. The molecule has 2 aromatic carbocycles. The number of anilines is 1. The largest absolute Gasteiger partial charge is 0.497 e. The van der Waals surface area contributed by atoms with E-state index in [-0.39, 0.29) is 0 Å². The number of rotatable bonds is 5. The number of fused-ring (bicyclic) bond motifs is 2. The van der Waals surface area contributed by atoms with E-state index in [0.29, 0.717) is 5.82 Å². The van der Waals surface area contributed by atoms with Crippen LogP contribution in [0.3, 0.4) is 0 Å². The van der Waals surface area contributed by atoms with Gasteiger partial charge in [-0.15, -0.1) is 11.3 Å². The Bertz CT molecular complexity index is 1320. The standard InChI is InChI=1S/C22H17N5OS/c1-28-16-7-8-19-17(9-16)15(10-23-19)11-26-27-21-20-18(14-5-3-2-4-6-14)12-29-22(20)25-13-24-21/h2-13,23H,1H3,(H,24,25,27)/b26-11+. The van der Waals surface area contributed by atoms with Gasteiger partial charge in [-0.2, -0.15) is 5.10 Å². The van der Waals surface area contributed by atoms with Crippen LogP contribution in [0.2, 0.25) is 0 Å². The van der Waals surface area contributed by atoms with Crippen molar-refractivity contribution in [2.24, 2.45) is 5.10 Å². The first-order chi connectivity index (χ1) is 14.3.